The third-order valence-corrected chi connectivity index (χ3v) is 3.11. The number of halogens is 1. The highest BCUT2D eigenvalue weighted by atomic mass is 35.5. The minimum atomic E-state index is -0.459. The van der Waals surface area contributed by atoms with Gasteiger partial charge in [0, 0.05) is 5.56 Å². The molecule has 1 amide bonds. The summed E-state index contributed by atoms with van der Waals surface area (Å²) in [6.45, 7) is 4.15. The lowest BCUT2D eigenvalue weighted by molar-refractivity contribution is 0.0924. The SMILES string of the molecule is Cc1oc(C(=O)NN)cc1Cn1ncc(Cl)c1C. The van der Waals surface area contributed by atoms with Crippen molar-refractivity contribution in [1.29, 1.82) is 0 Å². The van der Waals surface area contributed by atoms with Gasteiger partial charge in [0.2, 0.25) is 0 Å². The number of nitrogens with two attached hydrogens (primary N) is 1. The van der Waals surface area contributed by atoms with Crippen LogP contribution in [0.25, 0.3) is 0 Å². The van der Waals surface area contributed by atoms with Gasteiger partial charge < -0.3 is 4.42 Å². The van der Waals surface area contributed by atoms with Crippen molar-refractivity contribution < 1.29 is 9.21 Å². The van der Waals surface area contributed by atoms with Crippen molar-refractivity contribution in [2.45, 2.75) is 20.4 Å². The molecule has 0 bridgehead atoms. The van der Waals surface area contributed by atoms with Crippen molar-refractivity contribution in [3.63, 3.8) is 0 Å². The lowest BCUT2D eigenvalue weighted by Crippen LogP contribution is -2.29. The number of carbonyl (C=O) groups is 1. The number of nitrogen functional groups attached to an aromatic ring is 1. The van der Waals surface area contributed by atoms with Crippen molar-refractivity contribution in [2.75, 3.05) is 0 Å². The number of aryl methyl sites for hydroxylation is 1. The number of nitrogens with zero attached hydrogens (tertiary/aromatic N) is 2. The van der Waals surface area contributed by atoms with Crippen LogP contribution in [0.2, 0.25) is 5.02 Å². The Labute approximate surface area is 109 Å². The van der Waals surface area contributed by atoms with Crippen molar-refractivity contribution in [3.8, 4) is 0 Å². The summed E-state index contributed by atoms with van der Waals surface area (Å²) in [5.41, 5.74) is 3.75. The van der Waals surface area contributed by atoms with E-state index in [2.05, 4.69) is 5.10 Å². The van der Waals surface area contributed by atoms with E-state index < -0.39 is 5.91 Å². The number of hydrogen-bond donors (Lipinski definition) is 2. The van der Waals surface area contributed by atoms with Gasteiger partial charge in [-0.1, -0.05) is 11.6 Å². The Morgan fingerprint density at radius 1 is 1.61 bits per heavy atom. The Morgan fingerprint density at radius 2 is 2.33 bits per heavy atom. The van der Waals surface area contributed by atoms with Gasteiger partial charge >= 0.3 is 5.91 Å². The van der Waals surface area contributed by atoms with Gasteiger partial charge in [-0.15, -0.1) is 0 Å². The molecule has 3 N–H and O–H groups in total. The average Bonchev–Trinajstić information content (AvgIpc) is 2.87. The molecular weight excluding hydrogens is 256 g/mol. The van der Waals surface area contributed by atoms with E-state index in [4.69, 9.17) is 21.9 Å². The molecule has 6 nitrogen and oxygen atoms in total. The molecule has 0 atom stereocenters. The summed E-state index contributed by atoms with van der Waals surface area (Å²) in [6, 6.07) is 1.65. The third-order valence-electron chi connectivity index (χ3n) is 2.74. The van der Waals surface area contributed by atoms with Gasteiger partial charge in [0.25, 0.3) is 0 Å². The molecule has 0 aliphatic rings. The van der Waals surface area contributed by atoms with Crippen LogP contribution in [0.4, 0.5) is 0 Å². The number of amides is 1. The fourth-order valence-electron chi connectivity index (χ4n) is 1.60. The Morgan fingerprint density at radius 3 is 2.89 bits per heavy atom. The standard InChI is InChI=1S/C11H13ClN4O2/c1-6-9(12)4-14-16(6)5-8-3-10(11(17)15-13)18-7(8)2/h3-4H,5,13H2,1-2H3,(H,15,17). The first-order valence-corrected chi connectivity index (χ1v) is 5.69. The van der Waals surface area contributed by atoms with Crippen LogP contribution < -0.4 is 11.3 Å². The zero-order valence-corrected chi connectivity index (χ0v) is 10.8. The summed E-state index contributed by atoms with van der Waals surface area (Å²) < 4.78 is 7.06. The van der Waals surface area contributed by atoms with Crippen LogP contribution >= 0.6 is 11.6 Å². The molecule has 0 saturated heterocycles. The summed E-state index contributed by atoms with van der Waals surface area (Å²) >= 11 is 5.93. The molecule has 7 heteroatoms. The van der Waals surface area contributed by atoms with E-state index in [-0.39, 0.29) is 5.76 Å². The molecule has 18 heavy (non-hydrogen) atoms. The summed E-state index contributed by atoms with van der Waals surface area (Å²) in [5, 5.41) is 4.75. The van der Waals surface area contributed by atoms with E-state index in [1.165, 1.54) is 0 Å². The Balaban J connectivity index is 2.27. The van der Waals surface area contributed by atoms with Gasteiger partial charge in [-0.2, -0.15) is 5.10 Å². The maximum absolute atomic E-state index is 11.3. The van der Waals surface area contributed by atoms with E-state index in [9.17, 15) is 4.79 Å². The first kappa shape index (κ1) is 12.7. The maximum atomic E-state index is 11.3. The Bertz CT molecular complexity index is 588. The van der Waals surface area contributed by atoms with Crippen LogP contribution in [0.3, 0.4) is 0 Å². The van der Waals surface area contributed by atoms with Crippen molar-refractivity contribution in [1.82, 2.24) is 15.2 Å². The second-order valence-corrected chi connectivity index (χ2v) is 4.31. The second kappa shape index (κ2) is 4.83. The van der Waals surface area contributed by atoms with Crippen LogP contribution in [-0.4, -0.2) is 15.7 Å². The maximum Gasteiger partial charge on any atom is 0.300 e. The summed E-state index contributed by atoms with van der Waals surface area (Å²) in [6.07, 6.45) is 1.58. The molecule has 0 aliphatic heterocycles. The third kappa shape index (κ3) is 2.25. The highest BCUT2D eigenvalue weighted by Gasteiger charge is 2.14. The fourth-order valence-corrected chi connectivity index (χ4v) is 1.75. The first-order valence-electron chi connectivity index (χ1n) is 5.31. The molecule has 2 heterocycles. The van der Waals surface area contributed by atoms with E-state index in [1.807, 2.05) is 12.3 Å². The van der Waals surface area contributed by atoms with Crippen LogP contribution in [0.15, 0.2) is 16.7 Å². The van der Waals surface area contributed by atoms with Crippen LogP contribution in [-0.2, 0) is 6.54 Å². The number of hydrogen-bond acceptors (Lipinski definition) is 4. The van der Waals surface area contributed by atoms with Crippen LogP contribution in [0.5, 0.6) is 0 Å². The van der Waals surface area contributed by atoms with Gasteiger partial charge in [-0.25, -0.2) is 5.84 Å². The second-order valence-electron chi connectivity index (χ2n) is 3.90. The molecule has 0 radical (unpaired) electrons. The van der Waals surface area contributed by atoms with E-state index in [1.54, 1.807) is 23.9 Å². The monoisotopic (exact) mass is 268 g/mol. The Hall–Kier alpha value is -1.79. The first-order chi connectivity index (χ1) is 8.52. The van der Waals surface area contributed by atoms with Crippen LogP contribution in [0.1, 0.15) is 27.6 Å². The molecule has 0 unspecified atom stereocenters. The fraction of sp³-hybridized carbons (Fsp3) is 0.273. The molecule has 2 rings (SSSR count). The minimum Gasteiger partial charge on any atom is -0.456 e. The number of furan rings is 1. The topological polar surface area (TPSA) is 86.1 Å². The highest BCUT2D eigenvalue weighted by molar-refractivity contribution is 6.31. The molecule has 0 aliphatic carbocycles. The summed E-state index contributed by atoms with van der Waals surface area (Å²) in [5.74, 6) is 5.42. The molecule has 0 fully saturated rings. The smallest absolute Gasteiger partial charge is 0.300 e. The van der Waals surface area contributed by atoms with Crippen molar-refractivity contribution in [2.24, 2.45) is 5.84 Å². The molecule has 96 valence electrons. The van der Waals surface area contributed by atoms with Crippen LogP contribution in [0, 0.1) is 13.8 Å². The number of carbonyl (C=O) groups excluding carboxylic acids is 1. The lowest BCUT2D eigenvalue weighted by Gasteiger charge is -2.02. The van der Waals surface area contributed by atoms with Gasteiger partial charge in [0.1, 0.15) is 5.76 Å². The number of nitrogens with one attached hydrogen (secondary N) is 1. The van der Waals surface area contributed by atoms with Gasteiger partial charge in [0.15, 0.2) is 5.76 Å². The highest BCUT2D eigenvalue weighted by Crippen LogP contribution is 2.19. The quantitative estimate of drug-likeness (QED) is 0.500. The predicted octanol–water partition coefficient (Wildman–Crippen LogP) is 1.40. The zero-order chi connectivity index (χ0) is 13.3. The normalized spacial score (nSPS) is 10.7. The molecule has 0 saturated carbocycles. The largest absolute Gasteiger partial charge is 0.456 e. The van der Waals surface area contributed by atoms with Gasteiger partial charge in [-0.05, 0) is 19.9 Å². The number of rotatable bonds is 3. The van der Waals surface area contributed by atoms with Gasteiger partial charge in [0.05, 0.1) is 23.5 Å². The number of aromatic nitrogens is 2. The molecular formula is C11H13ClN4O2. The molecule has 2 aromatic rings. The Kier molecular flexibility index (Phi) is 3.40. The van der Waals surface area contributed by atoms with Gasteiger partial charge in [-0.3, -0.25) is 14.9 Å². The summed E-state index contributed by atoms with van der Waals surface area (Å²) in [7, 11) is 0. The minimum absolute atomic E-state index is 0.181. The molecule has 2 aromatic heterocycles. The average molecular weight is 269 g/mol. The van der Waals surface area contributed by atoms with Crippen molar-refractivity contribution in [3.05, 3.63) is 40.1 Å². The van der Waals surface area contributed by atoms with Crippen molar-refractivity contribution >= 4 is 17.5 Å². The van der Waals surface area contributed by atoms with E-state index in [0.717, 1.165) is 11.3 Å². The zero-order valence-electron chi connectivity index (χ0n) is 10.0. The lowest BCUT2D eigenvalue weighted by atomic mass is 10.2. The van der Waals surface area contributed by atoms with E-state index >= 15 is 0 Å². The molecule has 0 aromatic carbocycles. The predicted molar refractivity (Wildman–Crippen MR) is 66.2 cm³/mol. The molecule has 0 spiro atoms. The summed E-state index contributed by atoms with van der Waals surface area (Å²) in [4.78, 5) is 11.3. The number of hydrazine groups is 1. The van der Waals surface area contributed by atoms with E-state index in [0.29, 0.717) is 17.3 Å².